The molecule has 0 unspecified atom stereocenters. The monoisotopic (exact) mass is 210 g/mol. The summed E-state index contributed by atoms with van der Waals surface area (Å²) in [5, 5.41) is 0. The number of hydrogen-bond donors (Lipinski definition) is 0. The van der Waals surface area contributed by atoms with E-state index in [1.807, 2.05) is 18.7 Å². The lowest BCUT2D eigenvalue weighted by Crippen LogP contribution is -2.39. The van der Waals surface area contributed by atoms with Crippen molar-refractivity contribution >= 4 is 11.6 Å². The molecular weight excluding hydrogens is 188 g/mol. The first-order valence-corrected chi connectivity index (χ1v) is 5.92. The topological polar surface area (TPSA) is 32.7 Å². The maximum absolute atomic E-state index is 11.6. The van der Waals surface area contributed by atoms with E-state index >= 15 is 0 Å². The summed E-state index contributed by atoms with van der Waals surface area (Å²) in [6.07, 6.45) is 3.70. The number of piperidine rings is 1. The van der Waals surface area contributed by atoms with Crippen molar-refractivity contribution in [2.45, 2.75) is 52.5 Å². The molecule has 0 atom stereocenters. The van der Waals surface area contributed by atoms with Crippen molar-refractivity contribution < 1.29 is 4.79 Å². The van der Waals surface area contributed by atoms with Crippen molar-refractivity contribution in [3.63, 3.8) is 0 Å². The predicted octanol–water partition coefficient (Wildman–Crippen LogP) is 2.26. The lowest BCUT2D eigenvalue weighted by molar-refractivity contribution is -0.132. The number of rotatable bonds is 3. The number of likely N-dealkylation sites (tertiary alicyclic amines) is 1. The van der Waals surface area contributed by atoms with E-state index in [4.69, 9.17) is 0 Å². The maximum atomic E-state index is 11.6. The fourth-order valence-corrected chi connectivity index (χ4v) is 1.98. The predicted molar refractivity (Wildman–Crippen MR) is 63.3 cm³/mol. The van der Waals surface area contributed by atoms with Gasteiger partial charge in [-0.3, -0.25) is 9.79 Å². The first-order valence-electron chi connectivity index (χ1n) is 5.92. The van der Waals surface area contributed by atoms with Crippen LogP contribution in [-0.4, -0.2) is 35.7 Å². The largest absolute Gasteiger partial charge is 0.343 e. The van der Waals surface area contributed by atoms with Gasteiger partial charge in [-0.25, -0.2) is 0 Å². The Hall–Kier alpha value is -0.860. The molecule has 0 bridgehead atoms. The Morgan fingerprint density at radius 3 is 2.40 bits per heavy atom. The summed E-state index contributed by atoms with van der Waals surface area (Å²) in [7, 11) is 0. The Kier molecular flexibility index (Phi) is 4.79. The molecule has 0 N–H and O–H groups in total. The zero-order valence-corrected chi connectivity index (χ0v) is 10.1. The summed E-state index contributed by atoms with van der Waals surface area (Å²) in [6.45, 7) is 7.90. The molecule has 0 radical (unpaired) electrons. The zero-order chi connectivity index (χ0) is 11.3. The number of amides is 1. The van der Waals surface area contributed by atoms with Crippen LogP contribution in [-0.2, 0) is 4.79 Å². The lowest BCUT2D eigenvalue weighted by atomic mass is 10.0. The molecule has 1 amide bonds. The van der Waals surface area contributed by atoms with Crippen molar-refractivity contribution in [1.29, 1.82) is 0 Å². The molecule has 1 rings (SSSR count). The van der Waals surface area contributed by atoms with E-state index in [9.17, 15) is 4.79 Å². The third-order valence-electron chi connectivity index (χ3n) is 2.72. The standard InChI is InChI=1S/C12H22N2O/c1-4-5-12(15)14-8-6-11(7-9-14)13-10(2)3/h11H,4-9H2,1-3H3. The quantitative estimate of drug-likeness (QED) is 0.658. The second-order valence-corrected chi connectivity index (χ2v) is 4.44. The van der Waals surface area contributed by atoms with Gasteiger partial charge in [-0.05, 0) is 33.1 Å². The number of nitrogens with zero attached hydrogens (tertiary/aromatic N) is 2. The van der Waals surface area contributed by atoms with Crippen LogP contribution >= 0.6 is 0 Å². The molecule has 86 valence electrons. The fourth-order valence-electron chi connectivity index (χ4n) is 1.98. The third kappa shape index (κ3) is 4.02. The summed E-state index contributed by atoms with van der Waals surface area (Å²) in [6, 6.07) is 0.445. The molecule has 3 nitrogen and oxygen atoms in total. The molecule has 0 aromatic rings. The summed E-state index contributed by atoms with van der Waals surface area (Å²) in [5.41, 5.74) is 1.15. The minimum absolute atomic E-state index is 0.313. The highest BCUT2D eigenvalue weighted by Crippen LogP contribution is 2.15. The normalized spacial score (nSPS) is 17.7. The van der Waals surface area contributed by atoms with Crippen LogP contribution in [0.25, 0.3) is 0 Å². The summed E-state index contributed by atoms with van der Waals surface area (Å²) in [5.74, 6) is 0.313. The minimum Gasteiger partial charge on any atom is -0.343 e. The second-order valence-electron chi connectivity index (χ2n) is 4.44. The third-order valence-corrected chi connectivity index (χ3v) is 2.72. The van der Waals surface area contributed by atoms with Crippen molar-refractivity contribution in [1.82, 2.24) is 4.90 Å². The van der Waals surface area contributed by atoms with Crippen molar-refractivity contribution in [3.05, 3.63) is 0 Å². The second kappa shape index (κ2) is 5.89. The van der Waals surface area contributed by atoms with E-state index in [2.05, 4.69) is 11.9 Å². The van der Waals surface area contributed by atoms with Gasteiger partial charge >= 0.3 is 0 Å². The molecule has 0 aromatic carbocycles. The fraction of sp³-hybridized carbons (Fsp3) is 0.833. The Balaban J connectivity index is 2.35. The van der Waals surface area contributed by atoms with Gasteiger partial charge in [0.2, 0.25) is 5.91 Å². The van der Waals surface area contributed by atoms with Gasteiger partial charge in [0.25, 0.3) is 0 Å². The van der Waals surface area contributed by atoms with Gasteiger partial charge in [-0.15, -0.1) is 0 Å². The number of aliphatic imine (C=N–C) groups is 1. The van der Waals surface area contributed by atoms with Crippen LogP contribution in [0, 0.1) is 0 Å². The molecule has 0 aromatic heterocycles. The number of hydrogen-bond acceptors (Lipinski definition) is 2. The average Bonchev–Trinajstić information content (AvgIpc) is 2.18. The van der Waals surface area contributed by atoms with E-state index in [0.717, 1.165) is 38.1 Å². The van der Waals surface area contributed by atoms with Gasteiger partial charge < -0.3 is 4.90 Å². The van der Waals surface area contributed by atoms with Crippen LogP contribution in [0.5, 0.6) is 0 Å². The summed E-state index contributed by atoms with van der Waals surface area (Å²) in [4.78, 5) is 18.2. The van der Waals surface area contributed by atoms with Gasteiger partial charge in [0.15, 0.2) is 0 Å². The van der Waals surface area contributed by atoms with Crippen molar-refractivity contribution in [2.24, 2.45) is 4.99 Å². The summed E-state index contributed by atoms with van der Waals surface area (Å²) >= 11 is 0. The first-order chi connectivity index (χ1) is 7.13. The Labute approximate surface area is 92.6 Å². The molecule has 0 saturated carbocycles. The summed E-state index contributed by atoms with van der Waals surface area (Å²) < 4.78 is 0. The van der Waals surface area contributed by atoms with Gasteiger partial charge in [0.05, 0.1) is 6.04 Å². The van der Waals surface area contributed by atoms with E-state index in [-0.39, 0.29) is 0 Å². The lowest BCUT2D eigenvalue weighted by Gasteiger charge is -2.30. The van der Waals surface area contributed by atoms with Gasteiger partial charge in [-0.1, -0.05) is 6.92 Å². The van der Waals surface area contributed by atoms with Crippen LogP contribution in [0.1, 0.15) is 46.5 Å². The number of carbonyl (C=O) groups is 1. The van der Waals surface area contributed by atoms with Crippen LogP contribution in [0.4, 0.5) is 0 Å². The Morgan fingerprint density at radius 1 is 1.33 bits per heavy atom. The minimum atomic E-state index is 0.313. The van der Waals surface area contributed by atoms with Gasteiger partial charge in [0, 0.05) is 25.2 Å². The molecule has 1 heterocycles. The van der Waals surface area contributed by atoms with Gasteiger partial charge in [0.1, 0.15) is 0 Å². The van der Waals surface area contributed by atoms with Crippen LogP contribution < -0.4 is 0 Å². The highest BCUT2D eigenvalue weighted by atomic mass is 16.2. The van der Waals surface area contributed by atoms with Crippen LogP contribution in [0.3, 0.4) is 0 Å². The Bertz CT molecular complexity index is 236. The van der Waals surface area contributed by atoms with E-state index in [1.54, 1.807) is 0 Å². The molecular formula is C12H22N2O. The molecule has 0 aliphatic carbocycles. The molecule has 15 heavy (non-hydrogen) atoms. The molecule has 0 spiro atoms. The van der Waals surface area contributed by atoms with Crippen LogP contribution in [0.2, 0.25) is 0 Å². The first kappa shape index (κ1) is 12.2. The zero-order valence-electron chi connectivity index (χ0n) is 10.1. The highest BCUT2D eigenvalue weighted by Gasteiger charge is 2.21. The van der Waals surface area contributed by atoms with E-state index in [0.29, 0.717) is 18.4 Å². The average molecular weight is 210 g/mol. The Morgan fingerprint density at radius 2 is 1.93 bits per heavy atom. The van der Waals surface area contributed by atoms with Crippen molar-refractivity contribution in [2.75, 3.05) is 13.1 Å². The highest BCUT2D eigenvalue weighted by molar-refractivity contribution is 5.79. The number of carbonyl (C=O) groups excluding carboxylic acids is 1. The van der Waals surface area contributed by atoms with E-state index in [1.165, 1.54) is 0 Å². The van der Waals surface area contributed by atoms with Crippen molar-refractivity contribution in [3.8, 4) is 0 Å². The molecule has 1 fully saturated rings. The molecule has 1 aliphatic rings. The molecule has 1 aliphatic heterocycles. The van der Waals surface area contributed by atoms with Gasteiger partial charge in [-0.2, -0.15) is 0 Å². The maximum Gasteiger partial charge on any atom is 0.222 e. The molecule has 1 saturated heterocycles. The molecule has 3 heteroatoms. The smallest absolute Gasteiger partial charge is 0.222 e. The van der Waals surface area contributed by atoms with Crippen LogP contribution in [0.15, 0.2) is 4.99 Å². The SMILES string of the molecule is CCCC(=O)N1CCC(N=C(C)C)CC1. The van der Waals surface area contributed by atoms with E-state index < -0.39 is 0 Å².